The van der Waals surface area contributed by atoms with Crippen LogP contribution in [0.25, 0.3) is 27.8 Å². The van der Waals surface area contributed by atoms with Gasteiger partial charge in [0.15, 0.2) is 17.2 Å². The Kier molecular flexibility index (Phi) is 6.49. The Morgan fingerprint density at radius 3 is 2.61 bits per heavy atom. The number of nitrogens with zero attached hydrogens (tertiary/aromatic N) is 4. The van der Waals surface area contributed by atoms with Crippen molar-refractivity contribution in [2.45, 2.75) is 78.2 Å². The third-order valence-electron chi connectivity index (χ3n) is 7.31. The molecule has 1 aliphatic carbocycles. The summed E-state index contributed by atoms with van der Waals surface area (Å²) in [6.07, 6.45) is 9.20. The van der Waals surface area contributed by atoms with Crippen molar-refractivity contribution in [2.24, 2.45) is 5.41 Å². The highest BCUT2D eigenvalue weighted by atomic mass is 19.1. The summed E-state index contributed by atoms with van der Waals surface area (Å²) in [4.78, 5) is 12.4. The Morgan fingerprint density at radius 1 is 1.19 bits per heavy atom. The van der Waals surface area contributed by atoms with Crippen LogP contribution in [0.1, 0.15) is 83.4 Å². The average molecular weight is 493 g/mol. The van der Waals surface area contributed by atoms with Crippen LogP contribution in [0.15, 0.2) is 24.8 Å². The van der Waals surface area contributed by atoms with Crippen LogP contribution in [-0.2, 0) is 0 Å². The predicted octanol–water partition coefficient (Wildman–Crippen LogP) is 6.21. The minimum Gasteiger partial charge on any atom is -0.493 e. The zero-order valence-electron chi connectivity index (χ0n) is 22.2. The monoisotopic (exact) mass is 492 g/mol. The molecule has 2 N–H and O–H groups in total. The Hall–Kier alpha value is -3.00. The van der Waals surface area contributed by atoms with Gasteiger partial charge in [-0.15, -0.1) is 0 Å². The average Bonchev–Trinajstić information content (AvgIpc) is 3.47. The van der Waals surface area contributed by atoms with Gasteiger partial charge in [0.25, 0.3) is 0 Å². The summed E-state index contributed by atoms with van der Waals surface area (Å²) in [6.45, 7) is 11.9. The maximum absolute atomic E-state index is 16.2. The zero-order valence-corrected chi connectivity index (χ0v) is 22.2. The molecule has 4 aromatic heterocycles. The largest absolute Gasteiger partial charge is 0.493 e. The van der Waals surface area contributed by atoms with Crippen LogP contribution < -0.4 is 10.1 Å². The van der Waals surface area contributed by atoms with Gasteiger partial charge in [0.1, 0.15) is 6.33 Å². The van der Waals surface area contributed by atoms with Crippen LogP contribution in [0.2, 0.25) is 0 Å². The Labute approximate surface area is 211 Å². The van der Waals surface area contributed by atoms with Crippen molar-refractivity contribution >= 4 is 16.6 Å². The summed E-state index contributed by atoms with van der Waals surface area (Å²) >= 11 is 0. The molecule has 8 heteroatoms. The van der Waals surface area contributed by atoms with Gasteiger partial charge < -0.3 is 15.0 Å². The summed E-state index contributed by atoms with van der Waals surface area (Å²) in [5.74, 6) is 0.688. The van der Waals surface area contributed by atoms with E-state index in [4.69, 9.17) is 4.74 Å². The summed E-state index contributed by atoms with van der Waals surface area (Å²) in [5.41, 5.74) is 4.91. The molecule has 4 heterocycles. The number of hydrogen-bond acceptors (Lipinski definition) is 5. The van der Waals surface area contributed by atoms with Crippen molar-refractivity contribution in [3.63, 3.8) is 0 Å². The molecule has 0 aromatic carbocycles. The second-order valence-electron chi connectivity index (χ2n) is 11.6. The van der Waals surface area contributed by atoms with Crippen molar-refractivity contribution < 1.29 is 9.13 Å². The SMILES string of the molecule is COc1cc(-c2[nH]c3cnc(C4CCC(NCC(C)(C)C)CC4)c(F)c3c2C(C)C)cn2ncnc12. The van der Waals surface area contributed by atoms with E-state index in [1.54, 1.807) is 17.8 Å². The van der Waals surface area contributed by atoms with Crippen LogP contribution in [0.4, 0.5) is 4.39 Å². The van der Waals surface area contributed by atoms with E-state index in [1.165, 1.54) is 6.33 Å². The van der Waals surface area contributed by atoms with Gasteiger partial charge in [-0.2, -0.15) is 5.10 Å². The van der Waals surface area contributed by atoms with Crippen LogP contribution in [0, 0.1) is 11.2 Å². The fraction of sp³-hybridized carbons (Fsp3) is 0.536. The fourth-order valence-corrected chi connectivity index (χ4v) is 5.48. The second kappa shape index (κ2) is 9.47. The quantitative estimate of drug-likeness (QED) is 0.335. The van der Waals surface area contributed by atoms with E-state index >= 15 is 4.39 Å². The van der Waals surface area contributed by atoms with E-state index in [-0.39, 0.29) is 23.1 Å². The Morgan fingerprint density at radius 2 is 1.94 bits per heavy atom. The molecule has 4 aromatic rings. The highest BCUT2D eigenvalue weighted by Gasteiger charge is 2.29. The lowest BCUT2D eigenvalue weighted by Crippen LogP contribution is -2.38. The molecule has 0 radical (unpaired) electrons. The highest BCUT2D eigenvalue weighted by Crippen LogP contribution is 2.41. The van der Waals surface area contributed by atoms with Crippen molar-refractivity contribution in [3.8, 4) is 17.0 Å². The molecular weight excluding hydrogens is 455 g/mol. The summed E-state index contributed by atoms with van der Waals surface area (Å²) in [7, 11) is 1.62. The minimum absolute atomic E-state index is 0.105. The molecule has 5 rings (SSSR count). The van der Waals surface area contributed by atoms with Crippen LogP contribution >= 0.6 is 0 Å². The van der Waals surface area contributed by atoms with Gasteiger partial charge in [-0.3, -0.25) is 4.98 Å². The molecule has 0 spiro atoms. The van der Waals surface area contributed by atoms with Gasteiger partial charge in [-0.05, 0) is 48.6 Å². The molecular formula is C28H37FN6O. The predicted molar refractivity (Wildman–Crippen MR) is 141 cm³/mol. The van der Waals surface area contributed by atoms with Gasteiger partial charge in [0, 0.05) is 35.7 Å². The number of pyridine rings is 2. The number of H-pyrrole nitrogens is 1. The van der Waals surface area contributed by atoms with Gasteiger partial charge >= 0.3 is 0 Å². The smallest absolute Gasteiger partial charge is 0.197 e. The van der Waals surface area contributed by atoms with Crippen LogP contribution in [0.3, 0.4) is 0 Å². The van der Waals surface area contributed by atoms with E-state index in [2.05, 4.69) is 60.0 Å². The Balaban J connectivity index is 1.50. The summed E-state index contributed by atoms with van der Waals surface area (Å²) < 4.78 is 23.5. The number of aromatic amines is 1. The van der Waals surface area contributed by atoms with E-state index in [0.717, 1.165) is 49.0 Å². The van der Waals surface area contributed by atoms with Gasteiger partial charge in [-0.25, -0.2) is 13.9 Å². The molecule has 0 aliphatic heterocycles. The number of ether oxygens (including phenoxy) is 1. The topological polar surface area (TPSA) is 80.1 Å². The van der Waals surface area contributed by atoms with E-state index in [0.29, 0.717) is 34.0 Å². The molecule has 7 nitrogen and oxygen atoms in total. The first kappa shape index (κ1) is 24.7. The third kappa shape index (κ3) is 4.59. The molecule has 1 aliphatic rings. The lowest BCUT2D eigenvalue weighted by molar-refractivity contribution is 0.290. The highest BCUT2D eigenvalue weighted by molar-refractivity contribution is 5.92. The van der Waals surface area contributed by atoms with Crippen LogP contribution in [0.5, 0.6) is 5.75 Å². The maximum atomic E-state index is 16.2. The maximum Gasteiger partial charge on any atom is 0.197 e. The van der Waals surface area contributed by atoms with Gasteiger partial charge in [0.2, 0.25) is 0 Å². The summed E-state index contributed by atoms with van der Waals surface area (Å²) in [5, 5.41) is 8.64. The molecule has 0 saturated heterocycles. The number of halogens is 1. The second-order valence-corrected chi connectivity index (χ2v) is 11.6. The molecule has 1 fully saturated rings. The zero-order chi connectivity index (χ0) is 25.6. The number of hydrogen-bond donors (Lipinski definition) is 2. The van der Waals surface area contributed by atoms with Gasteiger partial charge in [0.05, 0.1) is 30.2 Å². The molecule has 0 amide bonds. The standard InChI is InChI=1S/C28H37FN6O/c1-16(2)22-23-20(34-25(22)18-11-21(36-6)27-32-15-33-35(27)13-18)12-30-26(24(23)29)17-7-9-19(10-8-17)31-14-28(3,4)5/h11-13,15-17,19,31,34H,7-10,14H2,1-6H3. The number of nitrogens with one attached hydrogen (secondary N) is 2. The molecule has 192 valence electrons. The molecule has 0 unspecified atom stereocenters. The first-order valence-electron chi connectivity index (χ1n) is 13.0. The lowest BCUT2D eigenvalue weighted by atomic mass is 9.82. The van der Waals surface area contributed by atoms with E-state index < -0.39 is 0 Å². The molecule has 36 heavy (non-hydrogen) atoms. The van der Waals surface area contributed by atoms with Crippen molar-refractivity contribution in [1.82, 2.24) is 29.9 Å². The number of aromatic nitrogens is 5. The Bertz CT molecular complexity index is 1370. The van der Waals surface area contributed by atoms with E-state index in [1.807, 2.05) is 12.3 Å². The molecule has 0 atom stereocenters. The lowest BCUT2D eigenvalue weighted by Gasteiger charge is -2.31. The minimum atomic E-state index is -0.182. The van der Waals surface area contributed by atoms with Crippen molar-refractivity contribution in [3.05, 3.63) is 41.9 Å². The first-order chi connectivity index (χ1) is 17.2. The van der Waals surface area contributed by atoms with Crippen molar-refractivity contribution in [2.75, 3.05) is 13.7 Å². The number of methoxy groups -OCH3 is 1. The third-order valence-corrected chi connectivity index (χ3v) is 7.31. The van der Waals surface area contributed by atoms with Gasteiger partial charge in [-0.1, -0.05) is 34.6 Å². The normalized spacial score (nSPS) is 19.0. The fourth-order valence-electron chi connectivity index (χ4n) is 5.48. The number of rotatable bonds is 6. The molecule has 0 bridgehead atoms. The first-order valence-corrected chi connectivity index (χ1v) is 13.0. The van der Waals surface area contributed by atoms with E-state index in [9.17, 15) is 0 Å². The van der Waals surface area contributed by atoms with Crippen molar-refractivity contribution in [1.29, 1.82) is 0 Å². The summed E-state index contributed by atoms with van der Waals surface area (Å²) in [6, 6.07) is 2.43. The molecule has 1 saturated carbocycles. The number of fused-ring (bicyclic) bond motifs is 2. The van der Waals surface area contributed by atoms with Crippen LogP contribution in [-0.4, -0.2) is 44.3 Å².